The highest BCUT2D eigenvalue weighted by atomic mass is 16.4. The molecule has 1 fully saturated rings. The van der Waals surface area contributed by atoms with E-state index in [1.807, 2.05) is 6.92 Å². The predicted octanol–water partition coefficient (Wildman–Crippen LogP) is 1.29. The van der Waals surface area contributed by atoms with Crippen molar-refractivity contribution >= 4 is 12.0 Å². The number of nitrogens with zero attached hydrogens (tertiary/aromatic N) is 1. The van der Waals surface area contributed by atoms with Crippen LogP contribution in [0, 0.1) is 5.92 Å². The van der Waals surface area contributed by atoms with Crippen molar-refractivity contribution in [1.82, 2.24) is 10.2 Å². The second-order valence-electron chi connectivity index (χ2n) is 4.53. The number of carboxylic acid groups (broad SMARTS) is 1. The van der Waals surface area contributed by atoms with E-state index in [-0.39, 0.29) is 11.9 Å². The molecular formula is C11H20N2O3. The third kappa shape index (κ3) is 3.12. The van der Waals surface area contributed by atoms with E-state index in [9.17, 15) is 9.59 Å². The molecular weight excluding hydrogens is 208 g/mol. The molecule has 1 saturated carbocycles. The van der Waals surface area contributed by atoms with Gasteiger partial charge in [0.15, 0.2) is 0 Å². The first kappa shape index (κ1) is 12.8. The van der Waals surface area contributed by atoms with Gasteiger partial charge in [-0.2, -0.15) is 0 Å². The Morgan fingerprint density at radius 2 is 2.00 bits per heavy atom. The molecule has 0 radical (unpaired) electrons. The zero-order chi connectivity index (χ0) is 12.3. The minimum absolute atomic E-state index is 0.112. The molecule has 0 aromatic carbocycles. The van der Waals surface area contributed by atoms with Crippen LogP contribution in [0.15, 0.2) is 0 Å². The number of hydrogen-bond acceptors (Lipinski definition) is 2. The number of carboxylic acids is 1. The predicted molar refractivity (Wildman–Crippen MR) is 60.2 cm³/mol. The number of carbonyl (C=O) groups is 2. The van der Waals surface area contributed by atoms with E-state index in [2.05, 4.69) is 5.32 Å². The van der Waals surface area contributed by atoms with Crippen molar-refractivity contribution < 1.29 is 14.7 Å². The molecule has 1 unspecified atom stereocenters. The fourth-order valence-electron chi connectivity index (χ4n) is 1.68. The van der Waals surface area contributed by atoms with Gasteiger partial charge in [-0.3, -0.25) is 0 Å². The van der Waals surface area contributed by atoms with Crippen LogP contribution in [0.4, 0.5) is 4.79 Å². The van der Waals surface area contributed by atoms with E-state index in [1.54, 1.807) is 18.7 Å². The van der Waals surface area contributed by atoms with Gasteiger partial charge >= 0.3 is 12.0 Å². The zero-order valence-electron chi connectivity index (χ0n) is 10.1. The van der Waals surface area contributed by atoms with Crippen molar-refractivity contribution in [1.29, 1.82) is 0 Å². The zero-order valence-corrected chi connectivity index (χ0v) is 10.1. The number of rotatable bonds is 5. The molecule has 0 bridgehead atoms. The number of aliphatic carboxylic acids is 1. The highest BCUT2D eigenvalue weighted by Crippen LogP contribution is 2.26. The second-order valence-corrected chi connectivity index (χ2v) is 4.53. The third-order valence-electron chi connectivity index (χ3n) is 2.80. The molecule has 0 aliphatic heterocycles. The molecule has 1 aliphatic carbocycles. The molecule has 1 rings (SSSR count). The van der Waals surface area contributed by atoms with Crippen molar-refractivity contribution in [3.8, 4) is 0 Å². The van der Waals surface area contributed by atoms with E-state index in [0.29, 0.717) is 12.6 Å². The van der Waals surface area contributed by atoms with Gasteiger partial charge in [0.05, 0.1) is 0 Å². The van der Waals surface area contributed by atoms with Crippen LogP contribution >= 0.6 is 0 Å². The van der Waals surface area contributed by atoms with Crippen LogP contribution in [0.3, 0.4) is 0 Å². The molecule has 5 nitrogen and oxygen atoms in total. The summed E-state index contributed by atoms with van der Waals surface area (Å²) in [7, 11) is 0. The third-order valence-corrected chi connectivity index (χ3v) is 2.80. The first-order chi connectivity index (χ1) is 7.47. The van der Waals surface area contributed by atoms with Crippen molar-refractivity contribution in [3.05, 3.63) is 0 Å². The summed E-state index contributed by atoms with van der Waals surface area (Å²) >= 11 is 0. The van der Waals surface area contributed by atoms with Crippen LogP contribution < -0.4 is 5.32 Å². The van der Waals surface area contributed by atoms with Gasteiger partial charge < -0.3 is 15.3 Å². The Morgan fingerprint density at radius 3 is 2.31 bits per heavy atom. The Kier molecular flexibility index (Phi) is 4.15. The van der Waals surface area contributed by atoms with Gasteiger partial charge in [-0.25, -0.2) is 9.59 Å². The summed E-state index contributed by atoms with van der Waals surface area (Å²) in [6.07, 6.45) is 2.06. The summed E-state index contributed by atoms with van der Waals surface area (Å²) in [5.41, 5.74) is 0. The second kappa shape index (κ2) is 5.18. The van der Waals surface area contributed by atoms with Crippen molar-refractivity contribution in [2.75, 3.05) is 6.54 Å². The van der Waals surface area contributed by atoms with Gasteiger partial charge in [0.1, 0.15) is 6.04 Å². The number of nitrogens with one attached hydrogen (secondary N) is 1. The van der Waals surface area contributed by atoms with Crippen LogP contribution in [0.2, 0.25) is 0 Å². The fourth-order valence-corrected chi connectivity index (χ4v) is 1.68. The number of amides is 2. The summed E-state index contributed by atoms with van der Waals surface area (Å²) in [6, 6.07) is -0.752. The number of urea groups is 1. The molecule has 1 aliphatic rings. The summed E-state index contributed by atoms with van der Waals surface area (Å²) in [6.45, 7) is 6.10. The molecule has 0 heterocycles. The Morgan fingerprint density at radius 1 is 1.44 bits per heavy atom. The normalized spacial score (nSPS) is 17.0. The van der Waals surface area contributed by atoms with E-state index in [4.69, 9.17) is 5.11 Å². The average molecular weight is 228 g/mol. The molecule has 0 aromatic rings. The Balaban J connectivity index is 2.56. The highest BCUT2D eigenvalue weighted by Gasteiger charge is 2.33. The topological polar surface area (TPSA) is 69.6 Å². The summed E-state index contributed by atoms with van der Waals surface area (Å²) in [4.78, 5) is 24.5. The lowest BCUT2D eigenvalue weighted by molar-refractivity contribution is -0.140. The highest BCUT2D eigenvalue weighted by molar-refractivity contribution is 5.83. The van der Waals surface area contributed by atoms with E-state index < -0.39 is 12.0 Å². The minimum Gasteiger partial charge on any atom is -0.480 e. The molecule has 0 saturated heterocycles. The van der Waals surface area contributed by atoms with E-state index >= 15 is 0 Å². The summed E-state index contributed by atoms with van der Waals surface area (Å²) in [5.74, 6) is -1.09. The smallest absolute Gasteiger partial charge is 0.326 e. The van der Waals surface area contributed by atoms with Crippen LogP contribution in [-0.2, 0) is 4.79 Å². The van der Waals surface area contributed by atoms with Gasteiger partial charge in [0.25, 0.3) is 0 Å². The molecule has 1 atom stereocenters. The maximum Gasteiger partial charge on any atom is 0.326 e. The van der Waals surface area contributed by atoms with Crippen molar-refractivity contribution in [2.24, 2.45) is 5.92 Å². The first-order valence-electron chi connectivity index (χ1n) is 5.77. The standard InChI is InChI=1S/C11H20N2O3/c1-4-13(8-5-6-8)11(16)12-9(7(2)3)10(14)15/h7-9H,4-6H2,1-3H3,(H,12,16)(H,14,15). The number of carbonyl (C=O) groups excluding carboxylic acids is 1. The van der Waals surface area contributed by atoms with Gasteiger partial charge in [0, 0.05) is 12.6 Å². The minimum atomic E-state index is -0.977. The molecule has 0 aromatic heterocycles. The van der Waals surface area contributed by atoms with Crippen LogP contribution in [-0.4, -0.2) is 40.6 Å². The maximum absolute atomic E-state index is 11.8. The average Bonchev–Trinajstić information content (AvgIpc) is 2.98. The molecule has 5 heteroatoms. The fraction of sp³-hybridized carbons (Fsp3) is 0.818. The SMILES string of the molecule is CCN(C(=O)NC(C(=O)O)C(C)C)C1CC1. The molecule has 2 amide bonds. The summed E-state index contributed by atoms with van der Waals surface area (Å²) < 4.78 is 0. The first-order valence-corrected chi connectivity index (χ1v) is 5.77. The van der Waals surface area contributed by atoms with Gasteiger partial charge in [-0.05, 0) is 25.7 Å². The lowest BCUT2D eigenvalue weighted by Gasteiger charge is -2.25. The lowest BCUT2D eigenvalue weighted by atomic mass is 10.1. The quantitative estimate of drug-likeness (QED) is 0.745. The summed E-state index contributed by atoms with van der Waals surface area (Å²) in [5, 5.41) is 11.5. The van der Waals surface area contributed by atoms with Crippen molar-refractivity contribution in [2.45, 2.75) is 45.7 Å². The molecule has 2 N–H and O–H groups in total. The van der Waals surface area contributed by atoms with Gasteiger partial charge in [0.2, 0.25) is 0 Å². The van der Waals surface area contributed by atoms with Gasteiger partial charge in [-0.1, -0.05) is 13.8 Å². The Bertz CT molecular complexity index is 274. The molecule has 16 heavy (non-hydrogen) atoms. The van der Waals surface area contributed by atoms with Crippen LogP contribution in [0.25, 0.3) is 0 Å². The Hall–Kier alpha value is -1.26. The maximum atomic E-state index is 11.8. The molecule has 92 valence electrons. The van der Waals surface area contributed by atoms with E-state index in [1.165, 1.54) is 0 Å². The Labute approximate surface area is 95.8 Å². The van der Waals surface area contributed by atoms with Crippen LogP contribution in [0.5, 0.6) is 0 Å². The van der Waals surface area contributed by atoms with Gasteiger partial charge in [-0.15, -0.1) is 0 Å². The van der Waals surface area contributed by atoms with Crippen LogP contribution in [0.1, 0.15) is 33.6 Å². The van der Waals surface area contributed by atoms with Crippen molar-refractivity contribution in [3.63, 3.8) is 0 Å². The number of hydrogen-bond donors (Lipinski definition) is 2. The molecule has 0 spiro atoms. The van der Waals surface area contributed by atoms with E-state index in [0.717, 1.165) is 12.8 Å². The lowest BCUT2D eigenvalue weighted by Crippen LogP contribution is -2.50. The monoisotopic (exact) mass is 228 g/mol. The largest absolute Gasteiger partial charge is 0.480 e.